The number of amides is 1. The van der Waals surface area contributed by atoms with E-state index in [2.05, 4.69) is 6.07 Å². The van der Waals surface area contributed by atoms with Gasteiger partial charge in [0.05, 0.1) is 5.57 Å². The number of aryl methyl sites for hydroxylation is 2. The van der Waals surface area contributed by atoms with Gasteiger partial charge in [0.1, 0.15) is 35.7 Å². The Morgan fingerprint density at radius 3 is 2.43 bits per heavy atom. The molecule has 0 bridgehead atoms. The number of Topliss-reactive ketones (excluding diaryl/α,β-unsaturated/α-hetero) is 1. The molecule has 7 nitrogen and oxygen atoms in total. The van der Waals surface area contributed by atoms with E-state index in [1.807, 2.05) is 44.1 Å². The topological polar surface area (TPSA) is 83.2 Å². The van der Waals surface area contributed by atoms with Crippen LogP contribution in [-0.4, -0.2) is 53.8 Å². The van der Waals surface area contributed by atoms with Crippen LogP contribution in [0.25, 0.3) is 5.76 Å². The van der Waals surface area contributed by atoms with Gasteiger partial charge >= 0.3 is 0 Å². The van der Waals surface area contributed by atoms with Crippen LogP contribution in [0.15, 0.2) is 70.7 Å². The van der Waals surface area contributed by atoms with Gasteiger partial charge in [0.2, 0.25) is 0 Å². The highest BCUT2D eigenvalue weighted by atomic mass is 16.5. The third-order valence-corrected chi connectivity index (χ3v) is 5.97. The number of aliphatic hydroxyl groups excluding tert-OH is 1. The number of hydrogen-bond acceptors (Lipinski definition) is 6. The molecule has 35 heavy (non-hydrogen) atoms. The standard InChI is InChI=1S/C28H30N2O5/c1-18-6-5-7-20(16-18)17-34-22-11-9-21(10-12-22)26(31)24-25(23-13-8-19(2)35-23)30(15-14-29(3)4)28(33)27(24)32/h5-13,16,25,31H,14-15,17H2,1-4H3/b26-24+. The highest BCUT2D eigenvalue weighted by molar-refractivity contribution is 6.46. The van der Waals surface area contributed by atoms with E-state index in [1.165, 1.54) is 4.90 Å². The number of benzene rings is 2. The molecule has 0 saturated carbocycles. The molecule has 2 heterocycles. The van der Waals surface area contributed by atoms with Crippen molar-refractivity contribution < 1.29 is 23.8 Å². The zero-order valence-electron chi connectivity index (χ0n) is 20.4. The maximum absolute atomic E-state index is 13.0. The molecule has 1 fully saturated rings. The first kappa shape index (κ1) is 24.3. The minimum absolute atomic E-state index is 0.0246. The van der Waals surface area contributed by atoms with Crippen LogP contribution in [-0.2, 0) is 16.2 Å². The van der Waals surface area contributed by atoms with E-state index < -0.39 is 17.7 Å². The summed E-state index contributed by atoms with van der Waals surface area (Å²) in [4.78, 5) is 29.3. The summed E-state index contributed by atoms with van der Waals surface area (Å²) in [5.74, 6) is 0.131. The van der Waals surface area contributed by atoms with Crippen molar-refractivity contribution in [3.05, 3.63) is 94.4 Å². The largest absolute Gasteiger partial charge is 0.507 e. The number of carbonyl (C=O) groups is 2. The molecule has 1 atom stereocenters. The average molecular weight is 475 g/mol. The fourth-order valence-electron chi connectivity index (χ4n) is 4.15. The van der Waals surface area contributed by atoms with Gasteiger partial charge in [0.15, 0.2) is 0 Å². The smallest absolute Gasteiger partial charge is 0.295 e. The Hall–Kier alpha value is -3.84. The van der Waals surface area contributed by atoms with E-state index in [-0.39, 0.29) is 11.3 Å². The molecule has 1 unspecified atom stereocenters. The van der Waals surface area contributed by atoms with Gasteiger partial charge in [0.25, 0.3) is 11.7 Å². The van der Waals surface area contributed by atoms with Crippen molar-refractivity contribution in [3.63, 3.8) is 0 Å². The third-order valence-electron chi connectivity index (χ3n) is 5.97. The summed E-state index contributed by atoms with van der Waals surface area (Å²) in [6.45, 7) is 5.14. The first-order valence-electron chi connectivity index (χ1n) is 11.5. The van der Waals surface area contributed by atoms with E-state index in [1.54, 1.807) is 43.3 Å². The number of likely N-dealkylation sites (N-methyl/N-ethyl adjacent to an activating group) is 1. The van der Waals surface area contributed by atoms with Crippen molar-refractivity contribution in [3.8, 4) is 5.75 Å². The molecule has 2 aromatic carbocycles. The van der Waals surface area contributed by atoms with Gasteiger partial charge in [0, 0.05) is 18.7 Å². The Morgan fingerprint density at radius 2 is 1.80 bits per heavy atom. The molecule has 4 rings (SSSR count). The van der Waals surface area contributed by atoms with Crippen LogP contribution in [0.2, 0.25) is 0 Å². The van der Waals surface area contributed by atoms with Crippen molar-refractivity contribution >= 4 is 17.4 Å². The highest BCUT2D eigenvalue weighted by Gasteiger charge is 2.47. The summed E-state index contributed by atoms with van der Waals surface area (Å²) in [6, 6.07) is 17.6. The first-order valence-corrected chi connectivity index (χ1v) is 11.5. The lowest BCUT2D eigenvalue weighted by Gasteiger charge is -2.24. The van der Waals surface area contributed by atoms with Crippen LogP contribution >= 0.6 is 0 Å². The van der Waals surface area contributed by atoms with Crippen LogP contribution in [0.5, 0.6) is 5.75 Å². The third kappa shape index (κ3) is 5.30. The van der Waals surface area contributed by atoms with Gasteiger partial charge in [-0.25, -0.2) is 0 Å². The van der Waals surface area contributed by atoms with Gasteiger partial charge in [-0.3, -0.25) is 9.59 Å². The summed E-state index contributed by atoms with van der Waals surface area (Å²) in [7, 11) is 3.79. The Labute approximate surface area is 205 Å². The highest BCUT2D eigenvalue weighted by Crippen LogP contribution is 2.40. The van der Waals surface area contributed by atoms with Gasteiger partial charge < -0.3 is 24.1 Å². The fraction of sp³-hybridized carbons (Fsp3) is 0.286. The second-order valence-electron chi connectivity index (χ2n) is 9.05. The Balaban J connectivity index is 1.62. The fourth-order valence-corrected chi connectivity index (χ4v) is 4.15. The molecule has 1 saturated heterocycles. The van der Waals surface area contributed by atoms with Crippen molar-refractivity contribution in [1.82, 2.24) is 9.80 Å². The lowest BCUT2D eigenvalue weighted by Crippen LogP contribution is -2.35. The quantitative estimate of drug-likeness (QED) is 0.295. The lowest BCUT2D eigenvalue weighted by molar-refractivity contribution is -0.140. The van der Waals surface area contributed by atoms with Crippen LogP contribution in [0.4, 0.5) is 0 Å². The number of furan rings is 1. The van der Waals surface area contributed by atoms with Gasteiger partial charge in [-0.15, -0.1) is 0 Å². The molecule has 0 aliphatic carbocycles. The number of rotatable bonds is 8. The number of hydrogen-bond donors (Lipinski definition) is 1. The van der Waals surface area contributed by atoms with E-state index in [4.69, 9.17) is 9.15 Å². The number of aliphatic hydroxyl groups is 1. The predicted octanol–water partition coefficient (Wildman–Crippen LogP) is 4.46. The van der Waals surface area contributed by atoms with Crippen molar-refractivity contribution in [2.75, 3.05) is 27.2 Å². The van der Waals surface area contributed by atoms with Crippen LogP contribution in [0.1, 0.15) is 34.3 Å². The van der Waals surface area contributed by atoms with Gasteiger partial charge in [-0.1, -0.05) is 29.8 Å². The Morgan fingerprint density at radius 1 is 1.06 bits per heavy atom. The monoisotopic (exact) mass is 474 g/mol. The van der Waals surface area contributed by atoms with E-state index in [0.717, 1.165) is 11.1 Å². The summed E-state index contributed by atoms with van der Waals surface area (Å²) in [5.41, 5.74) is 2.67. The average Bonchev–Trinajstić information content (AvgIpc) is 3.37. The molecule has 0 spiro atoms. The molecular weight excluding hydrogens is 444 g/mol. The zero-order chi connectivity index (χ0) is 25.1. The number of ether oxygens (including phenoxy) is 1. The zero-order valence-corrected chi connectivity index (χ0v) is 20.4. The summed E-state index contributed by atoms with van der Waals surface area (Å²) in [6.07, 6.45) is 0. The summed E-state index contributed by atoms with van der Waals surface area (Å²) < 4.78 is 11.7. The minimum atomic E-state index is -0.791. The Kier molecular flexibility index (Phi) is 7.07. The second-order valence-corrected chi connectivity index (χ2v) is 9.05. The molecule has 1 aromatic heterocycles. The molecule has 182 valence electrons. The molecule has 3 aromatic rings. The number of carbonyl (C=O) groups excluding carboxylic acids is 2. The van der Waals surface area contributed by atoms with E-state index in [0.29, 0.717) is 42.5 Å². The SMILES string of the molecule is Cc1cccc(COc2ccc(/C(O)=C3\C(=O)C(=O)N(CCN(C)C)C3c3ccc(C)o3)cc2)c1. The maximum Gasteiger partial charge on any atom is 0.295 e. The lowest BCUT2D eigenvalue weighted by atomic mass is 9.99. The summed E-state index contributed by atoms with van der Waals surface area (Å²) in [5, 5.41) is 11.2. The molecule has 1 aliphatic heterocycles. The second kappa shape index (κ2) is 10.2. The first-order chi connectivity index (χ1) is 16.7. The van der Waals surface area contributed by atoms with Crippen molar-refractivity contribution in [2.45, 2.75) is 26.5 Å². The van der Waals surface area contributed by atoms with Crippen LogP contribution < -0.4 is 4.74 Å². The minimum Gasteiger partial charge on any atom is -0.507 e. The van der Waals surface area contributed by atoms with Gasteiger partial charge in [-0.2, -0.15) is 0 Å². The number of likely N-dealkylation sites (tertiary alicyclic amines) is 1. The molecule has 1 amide bonds. The van der Waals surface area contributed by atoms with Crippen molar-refractivity contribution in [1.29, 1.82) is 0 Å². The molecule has 0 radical (unpaired) electrons. The van der Waals surface area contributed by atoms with Crippen LogP contribution in [0, 0.1) is 13.8 Å². The van der Waals surface area contributed by atoms with Crippen molar-refractivity contribution in [2.24, 2.45) is 0 Å². The molecule has 1 N–H and O–H groups in total. The maximum atomic E-state index is 13.0. The normalized spacial score (nSPS) is 17.4. The number of ketones is 1. The van der Waals surface area contributed by atoms with E-state index >= 15 is 0 Å². The van der Waals surface area contributed by atoms with Gasteiger partial charge in [-0.05, 0) is 69.9 Å². The van der Waals surface area contributed by atoms with E-state index in [9.17, 15) is 14.7 Å². The number of nitrogens with zero attached hydrogens (tertiary/aromatic N) is 2. The summed E-state index contributed by atoms with van der Waals surface area (Å²) >= 11 is 0. The Bertz CT molecular complexity index is 1260. The van der Waals surface area contributed by atoms with Crippen LogP contribution in [0.3, 0.4) is 0 Å². The molecular formula is C28H30N2O5. The predicted molar refractivity (Wildman–Crippen MR) is 133 cm³/mol. The molecule has 1 aliphatic rings. The molecule has 7 heteroatoms.